The zero-order chi connectivity index (χ0) is 10.8. The fraction of sp³-hybridized carbons (Fsp3) is 0.538. The van der Waals surface area contributed by atoms with Gasteiger partial charge in [0.1, 0.15) is 0 Å². The van der Waals surface area contributed by atoms with Crippen LogP contribution in [-0.4, -0.2) is 5.11 Å². The molecule has 14 heavy (non-hydrogen) atoms. The van der Waals surface area contributed by atoms with Crippen LogP contribution >= 0.6 is 0 Å². The van der Waals surface area contributed by atoms with Crippen LogP contribution in [0.5, 0.6) is 0 Å². The number of allylic oxidation sites excluding steroid dienone is 4. The van der Waals surface area contributed by atoms with Crippen LogP contribution in [0.3, 0.4) is 0 Å². The molecule has 78 valence electrons. The van der Waals surface area contributed by atoms with E-state index in [4.69, 9.17) is 0 Å². The number of aliphatic hydroxyl groups is 1. The summed E-state index contributed by atoms with van der Waals surface area (Å²) in [5.74, 6) is 0.485. The molecule has 0 saturated heterocycles. The van der Waals surface area contributed by atoms with Crippen molar-refractivity contribution in [2.45, 2.75) is 40.0 Å². The van der Waals surface area contributed by atoms with E-state index in [9.17, 15) is 5.11 Å². The van der Waals surface area contributed by atoms with Gasteiger partial charge in [0.15, 0.2) is 0 Å². The molecule has 0 radical (unpaired) electrons. The minimum atomic E-state index is 0.103. The minimum Gasteiger partial charge on any atom is -0.512 e. The van der Waals surface area contributed by atoms with Gasteiger partial charge in [-0.3, -0.25) is 0 Å². The van der Waals surface area contributed by atoms with Gasteiger partial charge in [-0.15, -0.1) is 6.58 Å². The predicted molar refractivity (Wildman–Crippen MR) is 61.2 cm³/mol. The van der Waals surface area contributed by atoms with Crippen LogP contribution in [0.2, 0.25) is 0 Å². The first-order valence-electron chi connectivity index (χ1n) is 5.19. The van der Waals surface area contributed by atoms with Crippen LogP contribution in [0, 0.1) is 5.41 Å². The Bertz CT molecular complexity index is 292. The zero-order valence-corrected chi connectivity index (χ0v) is 9.43. The van der Waals surface area contributed by atoms with Gasteiger partial charge in [0.25, 0.3) is 0 Å². The molecule has 0 spiro atoms. The number of rotatable bonds is 2. The van der Waals surface area contributed by atoms with Gasteiger partial charge in [-0.2, -0.15) is 0 Å². The van der Waals surface area contributed by atoms with E-state index in [-0.39, 0.29) is 5.41 Å². The fourth-order valence-corrected chi connectivity index (χ4v) is 2.27. The summed E-state index contributed by atoms with van der Waals surface area (Å²) in [4.78, 5) is 0. The Morgan fingerprint density at radius 2 is 2.29 bits per heavy atom. The largest absolute Gasteiger partial charge is 0.512 e. The van der Waals surface area contributed by atoms with Crippen LogP contribution in [0.1, 0.15) is 40.0 Å². The van der Waals surface area contributed by atoms with Gasteiger partial charge >= 0.3 is 0 Å². The van der Waals surface area contributed by atoms with Crippen molar-refractivity contribution in [2.24, 2.45) is 5.41 Å². The Kier molecular flexibility index (Phi) is 3.20. The monoisotopic (exact) mass is 192 g/mol. The molecule has 0 aromatic heterocycles. The summed E-state index contributed by atoms with van der Waals surface area (Å²) in [7, 11) is 0. The van der Waals surface area contributed by atoms with Crippen molar-refractivity contribution in [3.8, 4) is 0 Å². The molecular formula is C13H20O. The standard InChI is InChI=1S/C13H20O/c1-5-7-11(14)12-10(2)8-6-9-13(12,3)4/h5,8,14H,1,6-7,9H2,2-4H3/b12-11-. The predicted octanol–water partition coefficient (Wildman–Crippen LogP) is 4.14. The summed E-state index contributed by atoms with van der Waals surface area (Å²) in [5.41, 5.74) is 2.44. The third kappa shape index (κ3) is 2.09. The molecule has 0 heterocycles. The van der Waals surface area contributed by atoms with Gasteiger partial charge in [0, 0.05) is 6.42 Å². The fourth-order valence-electron chi connectivity index (χ4n) is 2.27. The first-order chi connectivity index (χ1) is 6.49. The first-order valence-corrected chi connectivity index (χ1v) is 5.19. The van der Waals surface area contributed by atoms with E-state index < -0.39 is 0 Å². The smallest absolute Gasteiger partial charge is 0.0999 e. The van der Waals surface area contributed by atoms with Crippen molar-refractivity contribution in [3.05, 3.63) is 35.6 Å². The molecule has 0 bridgehead atoms. The summed E-state index contributed by atoms with van der Waals surface area (Å²) in [6.45, 7) is 10.1. The zero-order valence-electron chi connectivity index (χ0n) is 9.43. The number of hydrogen-bond donors (Lipinski definition) is 1. The SMILES string of the molecule is C=CC/C(O)=C1\C(C)=CCCC1(C)C. The highest BCUT2D eigenvalue weighted by Gasteiger charge is 2.29. The maximum atomic E-state index is 9.95. The Morgan fingerprint density at radius 1 is 1.64 bits per heavy atom. The molecule has 0 aliphatic heterocycles. The summed E-state index contributed by atoms with van der Waals surface area (Å²) in [5, 5.41) is 9.95. The maximum absolute atomic E-state index is 9.95. The molecule has 0 amide bonds. The van der Waals surface area contributed by atoms with E-state index >= 15 is 0 Å². The minimum absolute atomic E-state index is 0.103. The van der Waals surface area contributed by atoms with Crippen molar-refractivity contribution < 1.29 is 5.11 Å². The average molecular weight is 192 g/mol. The summed E-state index contributed by atoms with van der Waals surface area (Å²) < 4.78 is 0. The van der Waals surface area contributed by atoms with Crippen molar-refractivity contribution in [1.29, 1.82) is 0 Å². The second-order valence-corrected chi connectivity index (χ2v) is 4.62. The molecule has 1 nitrogen and oxygen atoms in total. The van der Waals surface area contributed by atoms with Crippen LogP contribution in [0.25, 0.3) is 0 Å². The molecule has 0 aromatic carbocycles. The highest BCUT2D eigenvalue weighted by atomic mass is 16.3. The Hall–Kier alpha value is -0.980. The lowest BCUT2D eigenvalue weighted by molar-refractivity contribution is 0.339. The molecule has 1 aliphatic carbocycles. The van der Waals surface area contributed by atoms with E-state index in [0.717, 1.165) is 18.4 Å². The number of hydrogen-bond acceptors (Lipinski definition) is 1. The molecule has 1 heteroatoms. The van der Waals surface area contributed by atoms with Gasteiger partial charge in [-0.25, -0.2) is 0 Å². The lowest BCUT2D eigenvalue weighted by Crippen LogP contribution is -2.20. The first kappa shape index (κ1) is 11.1. The van der Waals surface area contributed by atoms with Gasteiger partial charge in [0.2, 0.25) is 0 Å². The molecule has 1 N–H and O–H groups in total. The van der Waals surface area contributed by atoms with Gasteiger partial charge in [-0.05, 0) is 36.3 Å². The molecule has 0 atom stereocenters. The normalized spacial score (nSPS) is 24.1. The summed E-state index contributed by atoms with van der Waals surface area (Å²) in [6, 6.07) is 0. The third-order valence-electron chi connectivity index (χ3n) is 2.92. The molecule has 0 unspecified atom stereocenters. The summed E-state index contributed by atoms with van der Waals surface area (Å²) in [6.07, 6.45) is 6.76. The lowest BCUT2D eigenvalue weighted by Gasteiger charge is -2.33. The second-order valence-electron chi connectivity index (χ2n) is 4.62. The molecule has 0 fully saturated rings. The van der Waals surface area contributed by atoms with E-state index in [0.29, 0.717) is 12.2 Å². The highest BCUT2D eigenvalue weighted by molar-refractivity contribution is 5.39. The van der Waals surface area contributed by atoms with Crippen LogP contribution < -0.4 is 0 Å². The van der Waals surface area contributed by atoms with Crippen LogP contribution in [0.4, 0.5) is 0 Å². The van der Waals surface area contributed by atoms with Crippen LogP contribution in [-0.2, 0) is 0 Å². The van der Waals surface area contributed by atoms with E-state index in [1.807, 2.05) is 0 Å². The van der Waals surface area contributed by atoms with E-state index in [2.05, 4.69) is 33.4 Å². The lowest BCUT2D eigenvalue weighted by atomic mass is 9.72. The summed E-state index contributed by atoms with van der Waals surface area (Å²) >= 11 is 0. The Balaban J connectivity index is 3.13. The average Bonchev–Trinajstić information content (AvgIpc) is 2.02. The van der Waals surface area contributed by atoms with Crippen molar-refractivity contribution in [1.82, 2.24) is 0 Å². The van der Waals surface area contributed by atoms with E-state index in [1.54, 1.807) is 6.08 Å². The maximum Gasteiger partial charge on any atom is 0.0999 e. The molecule has 1 aliphatic rings. The number of aliphatic hydroxyl groups excluding tert-OH is 1. The van der Waals surface area contributed by atoms with Crippen LogP contribution in [0.15, 0.2) is 35.6 Å². The topological polar surface area (TPSA) is 20.2 Å². The molecule has 0 aromatic rings. The van der Waals surface area contributed by atoms with Gasteiger partial charge in [-0.1, -0.05) is 26.0 Å². The molecular weight excluding hydrogens is 172 g/mol. The van der Waals surface area contributed by atoms with E-state index in [1.165, 1.54) is 5.57 Å². The van der Waals surface area contributed by atoms with Crippen molar-refractivity contribution in [3.63, 3.8) is 0 Å². The van der Waals surface area contributed by atoms with Crippen molar-refractivity contribution >= 4 is 0 Å². The molecule has 0 saturated carbocycles. The Morgan fingerprint density at radius 3 is 2.79 bits per heavy atom. The van der Waals surface area contributed by atoms with Crippen molar-refractivity contribution in [2.75, 3.05) is 0 Å². The highest BCUT2D eigenvalue weighted by Crippen LogP contribution is 2.42. The quantitative estimate of drug-likeness (QED) is 0.515. The Labute approximate surface area is 86.8 Å². The second kappa shape index (κ2) is 4.04. The van der Waals surface area contributed by atoms with Gasteiger partial charge < -0.3 is 5.11 Å². The third-order valence-corrected chi connectivity index (χ3v) is 2.92. The van der Waals surface area contributed by atoms with Gasteiger partial charge in [0.05, 0.1) is 5.76 Å². The molecule has 1 rings (SSSR count).